The van der Waals surface area contributed by atoms with Crippen LogP contribution in [0.3, 0.4) is 0 Å². The molecule has 1 heterocycles. The first-order valence-electron chi connectivity index (χ1n) is 7.67. The fourth-order valence-corrected chi connectivity index (χ4v) is 1.97. The Bertz CT molecular complexity index is 625. The number of amides is 1. The van der Waals surface area contributed by atoms with Crippen molar-refractivity contribution in [3.8, 4) is 17.1 Å². The number of hydrogen-bond donors (Lipinski definition) is 2. The average Bonchev–Trinajstić information content (AvgIpc) is 3.03. The van der Waals surface area contributed by atoms with Gasteiger partial charge in [0.25, 0.3) is 0 Å². The van der Waals surface area contributed by atoms with E-state index in [1.807, 2.05) is 38.1 Å². The lowest BCUT2D eigenvalue weighted by Crippen LogP contribution is -2.37. The fraction of sp³-hybridized carbons (Fsp3) is 0.438. The predicted molar refractivity (Wildman–Crippen MR) is 85.9 cm³/mol. The van der Waals surface area contributed by atoms with E-state index in [9.17, 15) is 4.79 Å². The maximum Gasteiger partial charge on any atom is 0.227 e. The molecule has 1 atom stereocenters. The van der Waals surface area contributed by atoms with Crippen molar-refractivity contribution < 1.29 is 14.1 Å². The van der Waals surface area contributed by atoms with E-state index >= 15 is 0 Å². The third kappa shape index (κ3) is 5.07. The normalized spacial score (nSPS) is 12.0. The molecular weight excluding hydrogens is 296 g/mol. The smallest absolute Gasteiger partial charge is 0.227 e. The Balaban J connectivity index is 1.91. The van der Waals surface area contributed by atoms with Gasteiger partial charge in [-0.2, -0.15) is 4.98 Å². The Morgan fingerprint density at radius 2 is 2.13 bits per heavy atom. The third-order valence-electron chi connectivity index (χ3n) is 3.22. The van der Waals surface area contributed by atoms with Gasteiger partial charge in [-0.15, -0.1) is 0 Å². The molecule has 0 saturated heterocycles. The summed E-state index contributed by atoms with van der Waals surface area (Å²) in [6.07, 6.45) is 0.683. The zero-order chi connectivity index (χ0) is 16.7. The largest absolute Gasteiger partial charge is 0.494 e. The van der Waals surface area contributed by atoms with Crippen LogP contribution < -0.4 is 15.8 Å². The van der Waals surface area contributed by atoms with Crippen LogP contribution in [-0.4, -0.2) is 35.2 Å². The van der Waals surface area contributed by atoms with Crippen LogP contribution >= 0.6 is 0 Å². The highest BCUT2D eigenvalue weighted by Gasteiger charge is 2.12. The highest BCUT2D eigenvalue weighted by Crippen LogP contribution is 2.20. The molecule has 0 fully saturated rings. The molecule has 1 aromatic heterocycles. The summed E-state index contributed by atoms with van der Waals surface area (Å²) in [5.74, 6) is 1.65. The van der Waals surface area contributed by atoms with Crippen LogP contribution in [-0.2, 0) is 11.2 Å². The third-order valence-corrected chi connectivity index (χ3v) is 3.22. The van der Waals surface area contributed by atoms with Gasteiger partial charge in [-0.1, -0.05) is 5.16 Å². The number of ether oxygens (including phenoxy) is 1. The van der Waals surface area contributed by atoms with Crippen molar-refractivity contribution in [2.24, 2.45) is 5.73 Å². The molecule has 2 aromatic rings. The van der Waals surface area contributed by atoms with Gasteiger partial charge in [0.1, 0.15) is 5.75 Å². The van der Waals surface area contributed by atoms with Gasteiger partial charge in [0.15, 0.2) is 0 Å². The molecule has 0 unspecified atom stereocenters. The van der Waals surface area contributed by atoms with Gasteiger partial charge < -0.3 is 20.3 Å². The number of carbonyl (C=O) groups is 1. The molecule has 1 aromatic carbocycles. The lowest BCUT2D eigenvalue weighted by atomic mass is 10.2. The first-order chi connectivity index (χ1) is 11.1. The lowest BCUT2D eigenvalue weighted by Gasteiger charge is -2.09. The van der Waals surface area contributed by atoms with Gasteiger partial charge in [0.2, 0.25) is 17.6 Å². The van der Waals surface area contributed by atoms with Crippen molar-refractivity contribution in [3.63, 3.8) is 0 Å². The van der Waals surface area contributed by atoms with Gasteiger partial charge in [0, 0.05) is 31.0 Å². The SMILES string of the molecule is CCOc1ccc(-c2noc(CCC(=O)N[C@@H](C)CN)n2)cc1. The summed E-state index contributed by atoms with van der Waals surface area (Å²) >= 11 is 0. The number of benzene rings is 1. The first-order valence-corrected chi connectivity index (χ1v) is 7.67. The molecule has 0 aliphatic heterocycles. The number of hydrogen-bond acceptors (Lipinski definition) is 6. The van der Waals surface area contributed by atoms with Crippen molar-refractivity contribution in [2.75, 3.05) is 13.2 Å². The van der Waals surface area contributed by atoms with Crippen LogP contribution in [0, 0.1) is 0 Å². The van der Waals surface area contributed by atoms with Crippen LogP contribution in [0.5, 0.6) is 5.75 Å². The maximum atomic E-state index is 11.7. The van der Waals surface area contributed by atoms with E-state index < -0.39 is 0 Å². The van der Waals surface area contributed by atoms with Crippen LogP contribution in [0.4, 0.5) is 0 Å². The summed E-state index contributed by atoms with van der Waals surface area (Å²) in [4.78, 5) is 16.0. The van der Waals surface area contributed by atoms with Crippen LogP contribution in [0.1, 0.15) is 26.2 Å². The van der Waals surface area contributed by atoms with Crippen LogP contribution in [0.2, 0.25) is 0 Å². The molecule has 124 valence electrons. The predicted octanol–water partition coefficient (Wildman–Crippen LogP) is 1.53. The fourth-order valence-electron chi connectivity index (χ4n) is 1.97. The molecule has 1 amide bonds. The van der Waals surface area contributed by atoms with Crippen molar-refractivity contribution >= 4 is 5.91 Å². The molecule has 0 aliphatic rings. The number of nitrogens with two attached hydrogens (primary N) is 1. The molecule has 0 radical (unpaired) electrons. The van der Waals surface area contributed by atoms with Gasteiger partial charge >= 0.3 is 0 Å². The van der Waals surface area contributed by atoms with Gasteiger partial charge in [-0.05, 0) is 38.1 Å². The average molecular weight is 318 g/mol. The molecule has 0 bridgehead atoms. The monoisotopic (exact) mass is 318 g/mol. The van der Waals surface area contributed by atoms with Crippen molar-refractivity contribution in [1.82, 2.24) is 15.5 Å². The van der Waals surface area contributed by atoms with Gasteiger partial charge in [-0.3, -0.25) is 4.79 Å². The Hall–Kier alpha value is -2.41. The quantitative estimate of drug-likeness (QED) is 0.765. The topological polar surface area (TPSA) is 103 Å². The molecule has 0 aliphatic carbocycles. The standard InChI is InChI=1S/C16H22N4O3/c1-3-22-13-6-4-12(5-7-13)16-19-15(23-20-16)9-8-14(21)18-11(2)10-17/h4-7,11H,3,8-10,17H2,1-2H3,(H,18,21)/t11-/m0/s1. The van der Waals surface area contributed by atoms with Crippen LogP contribution in [0.15, 0.2) is 28.8 Å². The molecular formula is C16H22N4O3. The van der Waals surface area contributed by atoms with Crippen LogP contribution in [0.25, 0.3) is 11.4 Å². The van der Waals surface area contributed by atoms with E-state index in [1.54, 1.807) is 0 Å². The summed E-state index contributed by atoms with van der Waals surface area (Å²) in [7, 11) is 0. The molecule has 2 rings (SSSR count). The summed E-state index contributed by atoms with van der Waals surface area (Å²) < 4.78 is 10.6. The minimum Gasteiger partial charge on any atom is -0.494 e. The summed E-state index contributed by atoms with van der Waals surface area (Å²) in [5, 5.41) is 6.73. The molecule has 0 spiro atoms. The summed E-state index contributed by atoms with van der Waals surface area (Å²) in [5.41, 5.74) is 6.30. The maximum absolute atomic E-state index is 11.7. The molecule has 7 heteroatoms. The van der Waals surface area contributed by atoms with Crippen molar-refractivity contribution in [3.05, 3.63) is 30.2 Å². The number of carbonyl (C=O) groups excluding carboxylic acids is 1. The van der Waals surface area contributed by atoms with Gasteiger partial charge in [-0.25, -0.2) is 0 Å². The number of rotatable bonds is 8. The highest BCUT2D eigenvalue weighted by atomic mass is 16.5. The Labute approximate surface area is 135 Å². The number of nitrogens with one attached hydrogen (secondary N) is 1. The van der Waals surface area contributed by atoms with Crippen molar-refractivity contribution in [1.29, 1.82) is 0 Å². The van der Waals surface area contributed by atoms with E-state index in [0.717, 1.165) is 11.3 Å². The number of aromatic nitrogens is 2. The summed E-state index contributed by atoms with van der Waals surface area (Å²) in [6, 6.07) is 7.42. The highest BCUT2D eigenvalue weighted by molar-refractivity contribution is 5.76. The van der Waals surface area contributed by atoms with E-state index in [1.165, 1.54) is 0 Å². The Kier molecular flexibility index (Phi) is 6.10. The minimum atomic E-state index is -0.0798. The van der Waals surface area contributed by atoms with E-state index in [4.69, 9.17) is 15.0 Å². The number of nitrogens with zero attached hydrogens (tertiary/aromatic N) is 2. The Morgan fingerprint density at radius 1 is 1.39 bits per heavy atom. The van der Waals surface area contributed by atoms with Crippen molar-refractivity contribution in [2.45, 2.75) is 32.7 Å². The number of aryl methyl sites for hydroxylation is 1. The first kappa shape index (κ1) is 17.0. The van der Waals surface area contributed by atoms with E-state index in [0.29, 0.717) is 31.3 Å². The van der Waals surface area contributed by atoms with E-state index in [-0.39, 0.29) is 18.4 Å². The zero-order valence-corrected chi connectivity index (χ0v) is 13.4. The van der Waals surface area contributed by atoms with Gasteiger partial charge in [0.05, 0.1) is 6.61 Å². The van der Waals surface area contributed by atoms with E-state index in [2.05, 4.69) is 15.5 Å². The molecule has 3 N–H and O–H groups in total. The second-order valence-electron chi connectivity index (χ2n) is 5.17. The zero-order valence-electron chi connectivity index (χ0n) is 13.4. The molecule has 7 nitrogen and oxygen atoms in total. The minimum absolute atomic E-state index is 0.0374. The molecule has 23 heavy (non-hydrogen) atoms. The second kappa shape index (κ2) is 8.28. The Morgan fingerprint density at radius 3 is 2.78 bits per heavy atom. The molecule has 0 saturated carbocycles. The lowest BCUT2D eigenvalue weighted by molar-refractivity contribution is -0.121. The second-order valence-corrected chi connectivity index (χ2v) is 5.17. The summed E-state index contributed by atoms with van der Waals surface area (Å²) in [6.45, 7) is 4.82.